The van der Waals surface area contributed by atoms with Crippen LogP contribution in [0, 0.1) is 0 Å². The van der Waals surface area contributed by atoms with Gasteiger partial charge in [0.2, 0.25) is 0 Å². The molecule has 0 unspecified atom stereocenters. The van der Waals surface area contributed by atoms with E-state index in [0.717, 1.165) is 16.7 Å². The maximum Gasteiger partial charge on any atom is 0.323 e. The van der Waals surface area contributed by atoms with E-state index in [1.165, 1.54) is 4.90 Å². The van der Waals surface area contributed by atoms with Gasteiger partial charge in [-0.15, -0.1) is 0 Å². The monoisotopic (exact) mass is 532 g/mol. The van der Waals surface area contributed by atoms with E-state index in [4.69, 9.17) is 18.9 Å². The molecule has 2 aliphatic rings. The summed E-state index contributed by atoms with van der Waals surface area (Å²) in [7, 11) is 3.22. The number of carbonyl (C=O) groups is 1. The molecule has 204 valence electrons. The molecule has 5 rings (SSSR count). The Morgan fingerprint density at radius 3 is 1.97 bits per heavy atom. The molecule has 39 heavy (non-hydrogen) atoms. The summed E-state index contributed by atoms with van der Waals surface area (Å²) in [5.41, 5.74) is 1.38. The highest BCUT2D eigenvalue weighted by atomic mass is 16.6. The molecule has 2 aliphatic heterocycles. The second kappa shape index (κ2) is 11.5. The minimum absolute atomic E-state index is 0.0825. The Morgan fingerprint density at radius 2 is 1.44 bits per heavy atom. The fourth-order valence-corrected chi connectivity index (χ4v) is 5.05. The Morgan fingerprint density at radius 1 is 0.872 bits per heavy atom. The lowest BCUT2D eigenvalue weighted by Crippen LogP contribution is -2.50. The number of hydrogen-bond acceptors (Lipinski definition) is 7. The van der Waals surface area contributed by atoms with Crippen LogP contribution < -0.4 is 14.8 Å². The first-order valence-electron chi connectivity index (χ1n) is 12.7. The zero-order valence-corrected chi connectivity index (χ0v) is 21.8. The third-order valence-electron chi connectivity index (χ3n) is 7.12. The van der Waals surface area contributed by atoms with Crippen LogP contribution in [0.15, 0.2) is 91.1 Å². The number of urea groups is 1. The molecule has 9 nitrogen and oxygen atoms in total. The van der Waals surface area contributed by atoms with Crippen LogP contribution in [0.25, 0.3) is 0 Å². The summed E-state index contributed by atoms with van der Waals surface area (Å²) in [6.07, 6.45) is -1.28. The van der Waals surface area contributed by atoms with E-state index in [-0.39, 0.29) is 6.61 Å². The van der Waals surface area contributed by atoms with Crippen molar-refractivity contribution in [1.82, 2.24) is 10.2 Å². The van der Waals surface area contributed by atoms with E-state index < -0.39 is 36.2 Å². The first kappa shape index (κ1) is 26.7. The third-order valence-corrected chi connectivity index (χ3v) is 7.12. The molecule has 2 heterocycles. The minimum Gasteiger partial charge on any atom is -0.497 e. The Labute approximate surface area is 227 Å². The summed E-state index contributed by atoms with van der Waals surface area (Å²) in [6, 6.07) is 24.5. The Balaban J connectivity index is 1.54. The Hall–Kier alpha value is -3.89. The maximum absolute atomic E-state index is 12.4. The number of methoxy groups -OCH3 is 2. The molecule has 0 spiro atoms. The van der Waals surface area contributed by atoms with Gasteiger partial charge in [-0.2, -0.15) is 0 Å². The molecule has 1 saturated heterocycles. The largest absolute Gasteiger partial charge is 0.497 e. The summed E-state index contributed by atoms with van der Waals surface area (Å²) in [5.74, 6) is 1.40. The van der Waals surface area contributed by atoms with E-state index in [0.29, 0.717) is 18.0 Å². The van der Waals surface area contributed by atoms with Gasteiger partial charge in [0.15, 0.2) is 6.23 Å². The molecule has 0 saturated carbocycles. The van der Waals surface area contributed by atoms with Crippen LogP contribution in [0.3, 0.4) is 0 Å². The summed E-state index contributed by atoms with van der Waals surface area (Å²) in [5, 5.41) is 24.4. The van der Waals surface area contributed by atoms with Crippen LogP contribution >= 0.6 is 0 Å². The third kappa shape index (κ3) is 5.09. The summed E-state index contributed by atoms with van der Waals surface area (Å²) in [4.78, 5) is 13.6. The SMILES string of the molecule is COc1ccc(C(OC[C@H]2O[C@@H](N3C=CCNC3=O)[C@H](O)[C@@H]2O)(c2ccccc2)c2ccc(OC)cc2)cc1. The zero-order valence-electron chi connectivity index (χ0n) is 21.8. The number of aliphatic hydroxyl groups excluding tert-OH is 2. The smallest absolute Gasteiger partial charge is 0.323 e. The van der Waals surface area contributed by atoms with Gasteiger partial charge < -0.3 is 34.5 Å². The highest BCUT2D eigenvalue weighted by Gasteiger charge is 2.48. The molecule has 3 aromatic carbocycles. The quantitative estimate of drug-likeness (QED) is 0.364. The lowest BCUT2D eigenvalue weighted by Gasteiger charge is -2.37. The van der Waals surface area contributed by atoms with Crippen molar-refractivity contribution in [2.75, 3.05) is 27.4 Å². The van der Waals surface area contributed by atoms with Gasteiger partial charge >= 0.3 is 6.03 Å². The van der Waals surface area contributed by atoms with Gasteiger partial charge in [-0.25, -0.2) is 4.79 Å². The van der Waals surface area contributed by atoms with E-state index in [1.807, 2.05) is 78.9 Å². The highest BCUT2D eigenvalue weighted by molar-refractivity contribution is 5.76. The highest BCUT2D eigenvalue weighted by Crippen LogP contribution is 2.42. The predicted molar refractivity (Wildman–Crippen MR) is 143 cm³/mol. The molecule has 4 atom stereocenters. The topological polar surface area (TPSA) is 110 Å². The lowest BCUT2D eigenvalue weighted by molar-refractivity contribution is -0.0997. The molecule has 0 aliphatic carbocycles. The molecule has 1 fully saturated rings. The van der Waals surface area contributed by atoms with Crippen molar-refractivity contribution >= 4 is 6.03 Å². The summed E-state index contributed by atoms with van der Waals surface area (Å²) in [6.45, 7) is 0.303. The van der Waals surface area contributed by atoms with Crippen molar-refractivity contribution in [2.45, 2.75) is 30.1 Å². The molecule has 3 N–H and O–H groups in total. The van der Waals surface area contributed by atoms with Crippen molar-refractivity contribution in [2.24, 2.45) is 0 Å². The van der Waals surface area contributed by atoms with Crippen molar-refractivity contribution in [3.8, 4) is 11.5 Å². The molecule has 9 heteroatoms. The standard InChI is InChI=1S/C30H32N2O7/c1-36-23-13-9-21(10-14-23)30(20-7-4-3-5-8-20,22-11-15-24(37-2)16-12-22)38-19-25-26(33)27(34)28(39-25)32-18-6-17-31-29(32)35/h3-16,18,25-28,33-34H,17,19H2,1-2H3,(H,31,35)/t25-,26-,27-,28-/m1/s1. The van der Waals surface area contributed by atoms with Crippen LogP contribution in [0.5, 0.6) is 11.5 Å². The zero-order chi connectivity index (χ0) is 27.4. The van der Waals surface area contributed by atoms with Crippen molar-refractivity contribution in [3.05, 3.63) is 108 Å². The molecule has 0 bridgehead atoms. The fraction of sp³-hybridized carbons (Fsp3) is 0.300. The van der Waals surface area contributed by atoms with Gasteiger partial charge in [-0.05, 0) is 47.0 Å². The average molecular weight is 533 g/mol. The Kier molecular flexibility index (Phi) is 7.85. The number of ether oxygens (including phenoxy) is 4. The van der Waals surface area contributed by atoms with Gasteiger partial charge in [0.05, 0.1) is 20.8 Å². The van der Waals surface area contributed by atoms with Gasteiger partial charge in [0, 0.05) is 12.7 Å². The molecule has 2 amide bonds. The summed E-state index contributed by atoms with van der Waals surface area (Å²) < 4.78 is 23.6. The van der Waals surface area contributed by atoms with Crippen LogP contribution in [0.4, 0.5) is 4.79 Å². The number of aliphatic hydroxyl groups is 2. The number of nitrogens with zero attached hydrogens (tertiary/aromatic N) is 1. The van der Waals surface area contributed by atoms with E-state index in [2.05, 4.69) is 5.32 Å². The molecule has 3 aromatic rings. The number of carbonyl (C=O) groups excluding carboxylic acids is 1. The minimum atomic E-state index is -1.32. The van der Waals surface area contributed by atoms with Gasteiger partial charge in [0.1, 0.15) is 35.4 Å². The first-order valence-corrected chi connectivity index (χ1v) is 12.7. The number of amides is 2. The maximum atomic E-state index is 12.4. The number of hydrogen-bond donors (Lipinski definition) is 3. The number of benzene rings is 3. The second-order valence-electron chi connectivity index (χ2n) is 9.34. The van der Waals surface area contributed by atoms with Crippen LogP contribution in [-0.2, 0) is 15.1 Å². The number of nitrogens with one attached hydrogen (secondary N) is 1. The fourth-order valence-electron chi connectivity index (χ4n) is 5.05. The lowest BCUT2D eigenvalue weighted by atomic mass is 9.80. The van der Waals surface area contributed by atoms with Crippen molar-refractivity contribution in [3.63, 3.8) is 0 Å². The van der Waals surface area contributed by atoms with Crippen LogP contribution in [-0.4, -0.2) is 73.1 Å². The molecule has 0 aromatic heterocycles. The second-order valence-corrected chi connectivity index (χ2v) is 9.34. The van der Waals surface area contributed by atoms with Gasteiger partial charge in [-0.1, -0.05) is 54.6 Å². The molecular weight excluding hydrogens is 500 g/mol. The normalized spacial score (nSPS) is 23.0. The molecule has 0 radical (unpaired) electrons. The van der Waals surface area contributed by atoms with Crippen molar-refractivity contribution in [1.29, 1.82) is 0 Å². The first-order chi connectivity index (χ1) is 19.0. The Bertz CT molecular complexity index is 1230. The van der Waals surface area contributed by atoms with Crippen LogP contribution in [0.2, 0.25) is 0 Å². The van der Waals surface area contributed by atoms with Gasteiger partial charge in [-0.3, -0.25) is 4.90 Å². The predicted octanol–water partition coefficient (Wildman–Crippen LogP) is 3.00. The van der Waals surface area contributed by atoms with E-state index in [9.17, 15) is 15.0 Å². The number of rotatable bonds is 9. The van der Waals surface area contributed by atoms with Crippen LogP contribution in [0.1, 0.15) is 16.7 Å². The van der Waals surface area contributed by atoms with Crippen molar-refractivity contribution < 1.29 is 34.0 Å². The molecular formula is C30H32N2O7. The summed E-state index contributed by atoms with van der Waals surface area (Å²) >= 11 is 0. The van der Waals surface area contributed by atoms with E-state index in [1.54, 1.807) is 26.5 Å². The van der Waals surface area contributed by atoms with E-state index >= 15 is 0 Å². The van der Waals surface area contributed by atoms with Gasteiger partial charge in [0.25, 0.3) is 0 Å². The average Bonchev–Trinajstić information content (AvgIpc) is 3.27.